The van der Waals surface area contributed by atoms with Crippen LogP contribution in [-0.4, -0.2) is 97.1 Å². The molecule has 0 unspecified atom stereocenters. The van der Waals surface area contributed by atoms with Crippen LogP contribution in [0.3, 0.4) is 0 Å². The Kier molecular flexibility index (Phi) is 6.96. The summed E-state index contributed by atoms with van der Waals surface area (Å²) in [5.74, 6) is 1.29. The van der Waals surface area contributed by atoms with Crippen LogP contribution in [0, 0.1) is 0 Å². The highest BCUT2D eigenvalue weighted by Gasteiger charge is 2.44. The molecule has 166 valence electrons. The molecular weight excluding hydrogens is 376 g/mol. The van der Waals surface area contributed by atoms with Gasteiger partial charge in [0.25, 0.3) is 0 Å². The topological polar surface area (TPSA) is 39.3 Å². The van der Waals surface area contributed by atoms with Gasteiger partial charge in [-0.1, -0.05) is 19.1 Å². The number of carbonyl (C=O) groups excluding carboxylic acids is 1. The number of rotatable bonds is 7. The average molecular weight is 415 g/mol. The zero-order valence-corrected chi connectivity index (χ0v) is 18.8. The van der Waals surface area contributed by atoms with E-state index in [0.29, 0.717) is 5.91 Å². The van der Waals surface area contributed by atoms with E-state index < -0.39 is 0 Å². The van der Waals surface area contributed by atoms with Crippen LogP contribution in [0.2, 0.25) is 0 Å². The molecule has 1 aromatic carbocycles. The minimum absolute atomic E-state index is 0.133. The molecule has 1 aromatic rings. The Morgan fingerprint density at radius 2 is 1.57 bits per heavy atom. The van der Waals surface area contributed by atoms with Crippen molar-refractivity contribution in [2.75, 3.05) is 66.0 Å². The molecule has 3 aliphatic heterocycles. The van der Waals surface area contributed by atoms with E-state index in [1.807, 2.05) is 11.9 Å². The molecule has 3 heterocycles. The molecule has 3 aliphatic rings. The number of ether oxygens (including phenoxy) is 1. The van der Waals surface area contributed by atoms with Crippen LogP contribution < -0.4 is 4.74 Å². The number of amides is 1. The number of hydrogen-bond donors (Lipinski definition) is 0. The maximum absolute atomic E-state index is 11.9. The predicted octanol–water partition coefficient (Wildman–Crippen LogP) is 2.29. The summed E-state index contributed by atoms with van der Waals surface area (Å²) < 4.78 is 5.99. The summed E-state index contributed by atoms with van der Waals surface area (Å²) in [6.45, 7) is 12.9. The lowest BCUT2D eigenvalue weighted by Crippen LogP contribution is -2.51. The highest BCUT2D eigenvalue weighted by molar-refractivity contribution is 5.79. The van der Waals surface area contributed by atoms with Gasteiger partial charge < -0.3 is 14.5 Å². The summed E-state index contributed by atoms with van der Waals surface area (Å²) in [4.78, 5) is 21.5. The molecule has 30 heavy (non-hydrogen) atoms. The summed E-state index contributed by atoms with van der Waals surface area (Å²) in [5, 5.41) is 0. The van der Waals surface area contributed by atoms with Gasteiger partial charge in [0.1, 0.15) is 12.4 Å². The van der Waals surface area contributed by atoms with E-state index >= 15 is 0 Å². The van der Waals surface area contributed by atoms with Crippen molar-refractivity contribution in [3.8, 4) is 5.75 Å². The first kappa shape index (κ1) is 21.6. The Morgan fingerprint density at radius 3 is 2.17 bits per heavy atom. The number of nitrogens with zero attached hydrogens (tertiary/aromatic N) is 4. The number of carbonyl (C=O) groups is 1. The zero-order chi connectivity index (χ0) is 21.0. The molecule has 0 aromatic heterocycles. The quantitative estimate of drug-likeness (QED) is 0.685. The zero-order valence-electron chi connectivity index (χ0n) is 18.8. The number of likely N-dealkylation sites (tertiary alicyclic amines) is 2. The third-order valence-electron chi connectivity index (χ3n) is 7.59. The van der Waals surface area contributed by atoms with E-state index in [-0.39, 0.29) is 5.54 Å². The van der Waals surface area contributed by atoms with Gasteiger partial charge in [-0.25, -0.2) is 0 Å². The van der Waals surface area contributed by atoms with Gasteiger partial charge in [0.05, 0.1) is 0 Å². The fourth-order valence-electron chi connectivity index (χ4n) is 5.22. The van der Waals surface area contributed by atoms with Gasteiger partial charge in [-0.05, 0) is 43.5 Å². The first-order chi connectivity index (χ1) is 14.6. The highest BCUT2D eigenvalue weighted by atomic mass is 16.5. The van der Waals surface area contributed by atoms with Crippen LogP contribution in [0.25, 0.3) is 0 Å². The fourth-order valence-corrected chi connectivity index (χ4v) is 5.22. The van der Waals surface area contributed by atoms with Crippen molar-refractivity contribution in [2.45, 2.75) is 44.7 Å². The molecule has 3 fully saturated rings. The molecule has 0 atom stereocenters. The van der Waals surface area contributed by atoms with Crippen LogP contribution in [0.5, 0.6) is 5.75 Å². The average Bonchev–Trinajstić information content (AvgIpc) is 3.06. The third-order valence-corrected chi connectivity index (χ3v) is 7.59. The third kappa shape index (κ3) is 4.98. The first-order valence-corrected chi connectivity index (χ1v) is 11.7. The lowest BCUT2D eigenvalue weighted by Gasteiger charge is -2.43. The van der Waals surface area contributed by atoms with Gasteiger partial charge in [-0.3, -0.25) is 14.6 Å². The van der Waals surface area contributed by atoms with E-state index in [1.54, 1.807) is 0 Å². The van der Waals surface area contributed by atoms with Crippen LogP contribution >= 0.6 is 0 Å². The van der Waals surface area contributed by atoms with Crippen molar-refractivity contribution in [1.29, 1.82) is 0 Å². The van der Waals surface area contributed by atoms with Crippen molar-refractivity contribution >= 4 is 5.91 Å². The molecule has 0 radical (unpaired) electrons. The smallest absolute Gasteiger partial charge is 0.222 e. The van der Waals surface area contributed by atoms with Crippen LogP contribution in [0.4, 0.5) is 0 Å². The molecule has 0 saturated carbocycles. The number of hydrogen-bond acceptors (Lipinski definition) is 5. The minimum atomic E-state index is 0.133. The molecule has 1 spiro atoms. The molecule has 0 N–H and O–H groups in total. The molecule has 6 heteroatoms. The van der Waals surface area contributed by atoms with Crippen molar-refractivity contribution in [1.82, 2.24) is 19.6 Å². The summed E-state index contributed by atoms with van der Waals surface area (Å²) in [7, 11) is 1.99. The second-order valence-corrected chi connectivity index (χ2v) is 9.22. The molecule has 6 nitrogen and oxygen atoms in total. The fraction of sp³-hybridized carbons (Fsp3) is 0.708. The molecule has 4 rings (SSSR count). The van der Waals surface area contributed by atoms with Gasteiger partial charge in [0.2, 0.25) is 5.91 Å². The van der Waals surface area contributed by atoms with E-state index in [4.69, 9.17) is 4.74 Å². The lowest BCUT2D eigenvalue weighted by atomic mass is 9.85. The number of piperazine rings is 1. The number of likely N-dealkylation sites (N-methyl/N-ethyl adjacent to an activating group) is 1. The Hall–Kier alpha value is -1.63. The maximum Gasteiger partial charge on any atom is 0.222 e. The first-order valence-electron chi connectivity index (χ1n) is 11.7. The number of piperidine rings is 1. The Balaban J connectivity index is 1.17. The van der Waals surface area contributed by atoms with E-state index in [0.717, 1.165) is 83.9 Å². The normalized spacial score (nSPS) is 23.4. The molecule has 0 bridgehead atoms. The van der Waals surface area contributed by atoms with Crippen LogP contribution in [0.1, 0.15) is 38.2 Å². The molecule has 0 aliphatic carbocycles. The van der Waals surface area contributed by atoms with Gasteiger partial charge in [0, 0.05) is 71.4 Å². The Bertz CT molecular complexity index is 692. The predicted molar refractivity (Wildman–Crippen MR) is 120 cm³/mol. The summed E-state index contributed by atoms with van der Waals surface area (Å²) in [6, 6.07) is 8.62. The van der Waals surface area contributed by atoms with Crippen molar-refractivity contribution < 1.29 is 9.53 Å². The maximum atomic E-state index is 11.9. The van der Waals surface area contributed by atoms with Crippen LogP contribution in [-0.2, 0) is 11.3 Å². The molecule has 3 saturated heterocycles. The van der Waals surface area contributed by atoms with E-state index in [1.165, 1.54) is 18.7 Å². The Morgan fingerprint density at radius 1 is 0.900 bits per heavy atom. The number of benzene rings is 1. The largest absolute Gasteiger partial charge is 0.492 e. The second-order valence-electron chi connectivity index (χ2n) is 9.22. The summed E-state index contributed by atoms with van der Waals surface area (Å²) in [5.41, 5.74) is 1.47. The van der Waals surface area contributed by atoms with Crippen molar-refractivity contribution in [3.63, 3.8) is 0 Å². The van der Waals surface area contributed by atoms with Gasteiger partial charge in [-0.2, -0.15) is 0 Å². The summed E-state index contributed by atoms with van der Waals surface area (Å²) in [6.07, 6.45) is 3.97. The standard InChI is InChI=1S/C24H38N4O2/c1-3-26-14-16-27(17-15-26)18-19-30-22-6-4-21(5-7-22)20-28-12-10-24(11-13-28)9-8-23(29)25(24)2/h4-7H,3,8-20H2,1-2H3. The Labute approximate surface area is 181 Å². The highest BCUT2D eigenvalue weighted by Crippen LogP contribution is 2.38. The minimum Gasteiger partial charge on any atom is -0.492 e. The van der Waals surface area contributed by atoms with Gasteiger partial charge in [-0.15, -0.1) is 0 Å². The van der Waals surface area contributed by atoms with E-state index in [9.17, 15) is 4.79 Å². The molecular formula is C24H38N4O2. The summed E-state index contributed by atoms with van der Waals surface area (Å²) >= 11 is 0. The molecule has 1 amide bonds. The second kappa shape index (κ2) is 9.67. The van der Waals surface area contributed by atoms with E-state index in [2.05, 4.69) is 45.9 Å². The van der Waals surface area contributed by atoms with Crippen LogP contribution in [0.15, 0.2) is 24.3 Å². The van der Waals surface area contributed by atoms with Crippen molar-refractivity contribution in [2.24, 2.45) is 0 Å². The monoisotopic (exact) mass is 414 g/mol. The SMILES string of the molecule is CCN1CCN(CCOc2ccc(CN3CCC4(CCC(=O)N4C)CC3)cc2)CC1. The van der Waals surface area contributed by atoms with Crippen molar-refractivity contribution in [3.05, 3.63) is 29.8 Å². The van der Waals surface area contributed by atoms with Gasteiger partial charge in [0.15, 0.2) is 0 Å². The lowest BCUT2D eigenvalue weighted by molar-refractivity contribution is -0.130. The van der Waals surface area contributed by atoms with Gasteiger partial charge >= 0.3 is 0 Å².